The van der Waals surface area contributed by atoms with Crippen molar-refractivity contribution in [3.63, 3.8) is 0 Å². The monoisotopic (exact) mass is 956 g/mol. The molecule has 0 aliphatic rings. The van der Waals surface area contributed by atoms with Crippen LogP contribution < -0.4 is 0 Å². The van der Waals surface area contributed by atoms with Crippen LogP contribution in [0.25, 0.3) is 0 Å². The van der Waals surface area contributed by atoms with E-state index < -0.39 is 54.1 Å². The van der Waals surface area contributed by atoms with Crippen molar-refractivity contribution in [3.8, 4) is 0 Å². The molecule has 0 radical (unpaired) electrons. The zero-order valence-corrected chi connectivity index (χ0v) is 42.9. The SMILES string of the molecule is CCCCCCCCC(=O)OCC(COC(=O)CCCCCC)OC(=O)CCCC(CCCC(=O)OC(COC(=O)CCCCCC)COC(=O)CCCCCCC)OC(=O)CCCN(C)C. The van der Waals surface area contributed by atoms with Crippen LogP contribution in [0.5, 0.6) is 0 Å². The Kier molecular flexibility index (Phi) is 42.2. The van der Waals surface area contributed by atoms with E-state index in [4.69, 9.17) is 33.2 Å². The van der Waals surface area contributed by atoms with Gasteiger partial charge in [0.1, 0.15) is 32.5 Å². The van der Waals surface area contributed by atoms with Crippen molar-refractivity contribution >= 4 is 41.8 Å². The zero-order chi connectivity index (χ0) is 49.8. The maximum Gasteiger partial charge on any atom is 0.306 e. The van der Waals surface area contributed by atoms with Crippen LogP contribution in [0, 0.1) is 0 Å². The summed E-state index contributed by atoms with van der Waals surface area (Å²) in [5.74, 6) is -3.18. The summed E-state index contributed by atoms with van der Waals surface area (Å²) >= 11 is 0. The molecule has 0 spiro atoms. The molecule has 0 heterocycles. The molecule has 67 heavy (non-hydrogen) atoms. The largest absolute Gasteiger partial charge is 0.462 e. The number of esters is 7. The standard InChI is InChI=1S/C52H93NO14/c1-7-11-15-19-21-25-34-49(57)64-42-45(40-62-47(55)32-23-18-14-10-4)67-51(59)36-27-30-43(65-52(60)37-28-38-53(5)6)29-26-35-50(58)66-44(39-61-46(54)31-22-17-13-9-3)41-63-48(56)33-24-20-16-12-8-2/h43-45H,7-42H2,1-6H3. The highest BCUT2D eigenvalue weighted by molar-refractivity contribution is 5.72. The second-order valence-electron chi connectivity index (χ2n) is 18.1. The Labute approximate surface area is 404 Å². The van der Waals surface area contributed by atoms with Gasteiger partial charge in [-0.2, -0.15) is 0 Å². The van der Waals surface area contributed by atoms with E-state index in [9.17, 15) is 33.6 Å². The zero-order valence-electron chi connectivity index (χ0n) is 42.9. The van der Waals surface area contributed by atoms with E-state index in [2.05, 4.69) is 27.7 Å². The van der Waals surface area contributed by atoms with Gasteiger partial charge in [-0.25, -0.2) is 0 Å². The van der Waals surface area contributed by atoms with E-state index in [0.29, 0.717) is 51.5 Å². The molecule has 3 atom stereocenters. The van der Waals surface area contributed by atoms with Crippen LogP contribution in [0.4, 0.5) is 0 Å². The van der Waals surface area contributed by atoms with Crippen molar-refractivity contribution in [2.24, 2.45) is 0 Å². The molecule has 0 aromatic carbocycles. The predicted octanol–water partition coefficient (Wildman–Crippen LogP) is 10.6. The number of carbonyl (C=O) groups is 7. The molecule has 0 rings (SSSR count). The van der Waals surface area contributed by atoms with Gasteiger partial charge in [0.15, 0.2) is 12.2 Å². The summed E-state index contributed by atoms with van der Waals surface area (Å²) in [5, 5.41) is 0. The first-order valence-electron chi connectivity index (χ1n) is 26.2. The molecular weight excluding hydrogens is 863 g/mol. The van der Waals surface area contributed by atoms with Gasteiger partial charge in [0.2, 0.25) is 0 Å². The summed E-state index contributed by atoms with van der Waals surface area (Å²) in [6, 6.07) is 0. The lowest BCUT2D eigenvalue weighted by atomic mass is 10.1. The highest BCUT2D eigenvalue weighted by Gasteiger charge is 2.23. The van der Waals surface area contributed by atoms with Crippen molar-refractivity contribution in [1.29, 1.82) is 0 Å². The average molecular weight is 956 g/mol. The van der Waals surface area contributed by atoms with Crippen LogP contribution in [-0.4, -0.2) is 112 Å². The number of unbranched alkanes of at least 4 members (excludes halogenated alkanes) is 15. The number of hydrogen-bond acceptors (Lipinski definition) is 15. The highest BCUT2D eigenvalue weighted by Crippen LogP contribution is 2.17. The van der Waals surface area contributed by atoms with E-state index in [1.54, 1.807) is 0 Å². The van der Waals surface area contributed by atoms with E-state index in [0.717, 1.165) is 96.3 Å². The summed E-state index contributed by atoms with van der Waals surface area (Å²) in [6.07, 6.45) is 18.6. The Hall–Kier alpha value is -3.75. The fraction of sp³-hybridized carbons (Fsp3) is 0.865. The second kappa shape index (κ2) is 44.7. The highest BCUT2D eigenvalue weighted by atomic mass is 16.6. The summed E-state index contributed by atoms with van der Waals surface area (Å²) in [4.78, 5) is 90.9. The van der Waals surface area contributed by atoms with Gasteiger partial charge < -0.3 is 38.1 Å². The molecule has 0 bridgehead atoms. The predicted molar refractivity (Wildman–Crippen MR) is 258 cm³/mol. The van der Waals surface area contributed by atoms with Gasteiger partial charge >= 0.3 is 41.8 Å². The molecule has 0 saturated carbocycles. The smallest absolute Gasteiger partial charge is 0.306 e. The van der Waals surface area contributed by atoms with Gasteiger partial charge in [-0.3, -0.25) is 33.6 Å². The van der Waals surface area contributed by atoms with Crippen LogP contribution in [0.3, 0.4) is 0 Å². The minimum absolute atomic E-state index is 0.0413. The Morgan fingerprint density at radius 2 is 0.567 bits per heavy atom. The molecule has 0 aromatic rings. The molecule has 3 unspecified atom stereocenters. The summed E-state index contributed by atoms with van der Waals surface area (Å²) in [7, 11) is 3.83. The van der Waals surface area contributed by atoms with E-state index >= 15 is 0 Å². The minimum Gasteiger partial charge on any atom is -0.462 e. The van der Waals surface area contributed by atoms with Gasteiger partial charge in [-0.05, 0) is 78.4 Å². The van der Waals surface area contributed by atoms with Gasteiger partial charge in [0.25, 0.3) is 0 Å². The Bertz CT molecular complexity index is 1310. The van der Waals surface area contributed by atoms with Gasteiger partial charge in [0, 0.05) is 44.9 Å². The summed E-state index contributed by atoms with van der Waals surface area (Å²) < 4.78 is 38.8. The molecular formula is C52H93NO14. The van der Waals surface area contributed by atoms with Crippen molar-refractivity contribution in [3.05, 3.63) is 0 Å². The molecule has 0 N–H and O–H groups in total. The number of ether oxygens (including phenoxy) is 7. The minimum atomic E-state index is -0.978. The molecule has 0 saturated heterocycles. The Balaban J connectivity index is 5.50. The van der Waals surface area contributed by atoms with E-state index in [1.807, 2.05) is 19.0 Å². The fourth-order valence-electron chi connectivity index (χ4n) is 7.06. The van der Waals surface area contributed by atoms with Gasteiger partial charge in [-0.1, -0.05) is 124 Å². The van der Waals surface area contributed by atoms with Crippen LogP contribution in [-0.2, 0) is 66.7 Å². The Morgan fingerprint density at radius 3 is 0.881 bits per heavy atom. The van der Waals surface area contributed by atoms with Crippen molar-refractivity contribution < 1.29 is 66.7 Å². The molecule has 390 valence electrons. The second-order valence-corrected chi connectivity index (χ2v) is 18.1. The lowest BCUT2D eigenvalue weighted by molar-refractivity contribution is -0.167. The third kappa shape index (κ3) is 42.1. The van der Waals surface area contributed by atoms with Crippen LogP contribution in [0.15, 0.2) is 0 Å². The quantitative estimate of drug-likeness (QED) is 0.0318. The topological polar surface area (TPSA) is 187 Å². The normalized spacial score (nSPS) is 12.5. The molecule has 0 aromatic heterocycles. The summed E-state index contributed by atoms with van der Waals surface area (Å²) in [6.45, 7) is 8.18. The number of carbonyl (C=O) groups excluding carboxylic acids is 7. The fourth-order valence-corrected chi connectivity index (χ4v) is 7.06. The lowest BCUT2D eigenvalue weighted by Crippen LogP contribution is -2.31. The van der Waals surface area contributed by atoms with Crippen LogP contribution in [0.1, 0.15) is 227 Å². The third-order valence-electron chi connectivity index (χ3n) is 11.1. The summed E-state index contributed by atoms with van der Waals surface area (Å²) in [5.41, 5.74) is 0. The van der Waals surface area contributed by atoms with Crippen molar-refractivity contribution in [2.45, 2.75) is 245 Å². The molecule has 0 aliphatic heterocycles. The van der Waals surface area contributed by atoms with E-state index in [-0.39, 0.29) is 90.2 Å². The van der Waals surface area contributed by atoms with E-state index in [1.165, 1.54) is 0 Å². The molecule has 15 nitrogen and oxygen atoms in total. The first-order chi connectivity index (χ1) is 32.3. The number of hydrogen-bond donors (Lipinski definition) is 0. The third-order valence-corrected chi connectivity index (χ3v) is 11.1. The first-order valence-corrected chi connectivity index (χ1v) is 26.2. The molecule has 0 aliphatic carbocycles. The van der Waals surface area contributed by atoms with Crippen LogP contribution in [0.2, 0.25) is 0 Å². The lowest BCUT2D eigenvalue weighted by Gasteiger charge is -2.20. The maximum atomic E-state index is 13.1. The Morgan fingerprint density at radius 1 is 0.313 bits per heavy atom. The van der Waals surface area contributed by atoms with Crippen molar-refractivity contribution in [1.82, 2.24) is 4.90 Å². The average Bonchev–Trinajstić information content (AvgIpc) is 3.29. The number of nitrogens with zero attached hydrogens (tertiary/aromatic N) is 1. The van der Waals surface area contributed by atoms with Gasteiger partial charge in [-0.15, -0.1) is 0 Å². The molecule has 0 amide bonds. The van der Waals surface area contributed by atoms with Crippen LogP contribution >= 0.6 is 0 Å². The first kappa shape index (κ1) is 63.2. The molecule has 0 fully saturated rings. The molecule has 15 heteroatoms. The number of rotatable bonds is 46. The van der Waals surface area contributed by atoms with Gasteiger partial charge in [0.05, 0.1) is 0 Å². The van der Waals surface area contributed by atoms with Crippen molar-refractivity contribution in [2.75, 3.05) is 47.1 Å². The maximum absolute atomic E-state index is 13.1.